The molecule has 1 N–H and O–H groups in total. The second-order valence-corrected chi connectivity index (χ2v) is 5.29. The molecule has 0 saturated carbocycles. The van der Waals surface area contributed by atoms with E-state index in [1.165, 1.54) is 0 Å². The number of benzene rings is 2. The molecule has 3 rings (SSSR count). The minimum absolute atomic E-state index is 0. The Morgan fingerprint density at radius 3 is 2.00 bits per heavy atom. The van der Waals surface area contributed by atoms with Crippen LogP contribution in [-0.4, -0.2) is 40.3 Å². The van der Waals surface area contributed by atoms with E-state index >= 15 is 0 Å². The Hall–Kier alpha value is -1.65. The number of rotatable bonds is 4. The quantitative estimate of drug-likeness (QED) is 0.133. The zero-order chi connectivity index (χ0) is 16.6. The molecule has 0 aliphatic rings. The van der Waals surface area contributed by atoms with Crippen LogP contribution in [0.15, 0.2) is 95.2 Å². The van der Waals surface area contributed by atoms with Gasteiger partial charge >= 0.3 is 24.4 Å². The van der Waals surface area contributed by atoms with Crippen molar-refractivity contribution >= 4 is 53.6 Å². The Morgan fingerprint density at radius 1 is 0.815 bits per heavy atom. The van der Waals surface area contributed by atoms with Crippen LogP contribution in [0.5, 0.6) is 0 Å². The zero-order valence-corrected chi connectivity index (χ0v) is 18.9. The summed E-state index contributed by atoms with van der Waals surface area (Å²) in [5, 5.41) is 4.73. The molecule has 1 heterocycles. The van der Waals surface area contributed by atoms with Crippen LogP contribution in [0.4, 0.5) is 5.69 Å². The topological polar surface area (TPSA) is 49.6 Å². The number of hydrazone groups is 1. The summed E-state index contributed by atoms with van der Waals surface area (Å²) < 4.78 is 0. The summed E-state index contributed by atoms with van der Waals surface area (Å²) >= 11 is 5.25. The molecule has 0 aliphatic heterocycles. The number of halogens is 2. The van der Waals surface area contributed by atoms with Gasteiger partial charge in [-0.1, -0.05) is 54.6 Å². The maximum Gasteiger partial charge on any atom is 3.00 e. The van der Waals surface area contributed by atoms with Gasteiger partial charge in [0.1, 0.15) is 5.71 Å². The Balaban J connectivity index is 0.00000225. The van der Waals surface area contributed by atoms with Crippen LogP contribution in [0.1, 0.15) is 11.3 Å². The smallest absolute Gasteiger partial charge is 1.00 e. The summed E-state index contributed by atoms with van der Waals surface area (Å²) in [5.74, 6) is 0. The Labute approximate surface area is 194 Å². The van der Waals surface area contributed by atoms with Gasteiger partial charge in [0, 0.05) is 16.9 Å². The number of aliphatic imine (C=N–C) groups is 1. The molecule has 3 aromatic rings. The van der Waals surface area contributed by atoms with Crippen LogP contribution in [-0.2, 0) is 12.6 Å². The molecule has 4 nitrogen and oxygen atoms in total. The van der Waals surface area contributed by atoms with E-state index in [1.54, 1.807) is 6.20 Å². The van der Waals surface area contributed by atoms with Crippen LogP contribution in [0.25, 0.3) is 0 Å². The average Bonchev–Trinajstić information content (AvgIpc) is 2.64. The van der Waals surface area contributed by atoms with Gasteiger partial charge in [-0.25, -0.2) is 0 Å². The molecule has 0 fully saturated rings. The number of nitrogens with one attached hydrogen (secondary N) is 1. The molecule has 136 valence electrons. The Bertz CT molecular complexity index is 806. The van der Waals surface area contributed by atoms with Gasteiger partial charge in [-0.2, -0.15) is 5.10 Å². The van der Waals surface area contributed by atoms with E-state index in [9.17, 15) is 0 Å². The number of nitrogens with zero attached hydrogens (tertiary/aromatic N) is 3. The van der Waals surface area contributed by atoms with E-state index < -0.39 is 0 Å². The standard InChI is InChI=1S/C19H16N4S.2ClH.Sb/c24-19(21-16-11-5-2-6-12-16)23-22-18(15-9-3-1-4-10-15)17-13-7-8-14-20-17;;;/h1-14H,(H2,21,23,24);2*1H;/q;;;+3/p-3/b22-18+;;;. The first-order chi connectivity index (χ1) is 11.8. The van der Waals surface area contributed by atoms with Crippen molar-refractivity contribution in [1.82, 2.24) is 10.4 Å². The van der Waals surface area contributed by atoms with Gasteiger partial charge < -0.3 is 37.4 Å². The maximum atomic E-state index is 5.25. The molecule has 2 aromatic carbocycles. The van der Waals surface area contributed by atoms with Crippen molar-refractivity contribution in [2.45, 2.75) is 0 Å². The molecule has 0 amide bonds. The molecule has 8 heteroatoms. The SMILES string of the molecule is [Cl-].[Cl-].[S-]C(=Nc1ccccc1)N/N=C(\c1ccccc1)c1ccccn1.[Sb+3]. The molecular weight excluding hydrogens is 509 g/mol. The second-order valence-electron chi connectivity index (χ2n) is 4.91. The number of hydrogen-bond acceptors (Lipinski definition) is 4. The van der Waals surface area contributed by atoms with Gasteiger partial charge in [0.25, 0.3) is 0 Å². The van der Waals surface area contributed by atoms with E-state index in [0.29, 0.717) is 10.9 Å². The first-order valence-corrected chi connectivity index (χ1v) is 7.85. The summed E-state index contributed by atoms with van der Waals surface area (Å²) in [5.41, 5.74) is 6.05. The summed E-state index contributed by atoms with van der Waals surface area (Å²) in [4.78, 5) is 8.68. The Morgan fingerprint density at radius 2 is 1.41 bits per heavy atom. The maximum absolute atomic E-state index is 5.25. The van der Waals surface area contributed by atoms with Crippen LogP contribution in [0.3, 0.4) is 0 Å². The van der Waals surface area contributed by atoms with E-state index in [0.717, 1.165) is 16.9 Å². The van der Waals surface area contributed by atoms with Crippen molar-refractivity contribution in [2.24, 2.45) is 10.1 Å². The molecule has 1 aromatic heterocycles. The van der Waals surface area contributed by atoms with Gasteiger partial charge in [0.2, 0.25) is 0 Å². The zero-order valence-electron chi connectivity index (χ0n) is 14.0. The number of pyridine rings is 1. The van der Waals surface area contributed by atoms with Crippen LogP contribution in [0.2, 0.25) is 0 Å². The number of hydrogen-bond donors (Lipinski definition) is 1. The summed E-state index contributed by atoms with van der Waals surface area (Å²) in [7, 11) is 0. The van der Waals surface area contributed by atoms with Gasteiger partial charge in [-0.3, -0.25) is 15.4 Å². The summed E-state index contributed by atoms with van der Waals surface area (Å²) in [6.07, 6.45) is 1.74. The third-order valence-corrected chi connectivity index (χ3v) is 3.39. The third-order valence-electron chi connectivity index (χ3n) is 3.20. The van der Waals surface area contributed by atoms with Crippen molar-refractivity contribution < 1.29 is 24.8 Å². The predicted octanol–water partition coefficient (Wildman–Crippen LogP) is -2.71. The molecule has 2 radical (unpaired) electrons. The molecule has 27 heavy (non-hydrogen) atoms. The minimum atomic E-state index is 0. The Kier molecular flexibility index (Phi) is 12.7. The van der Waals surface area contributed by atoms with Crippen LogP contribution in [0, 0.1) is 0 Å². The van der Waals surface area contributed by atoms with Gasteiger partial charge in [0.15, 0.2) is 0 Å². The fraction of sp³-hybridized carbons (Fsp3) is 0. The van der Waals surface area contributed by atoms with Gasteiger partial charge in [0.05, 0.1) is 11.4 Å². The predicted molar refractivity (Wildman–Crippen MR) is 106 cm³/mol. The van der Waals surface area contributed by atoms with Crippen molar-refractivity contribution in [1.29, 1.82) is 0 Å². The van der Waals surface area contributed by atoms with E-state index in [2.05, 4.69) is 20.5 Å². The van der Waals surface area contributed by atoms with Crippen LogP contribution < -0.4 is 30.2 Å². The summed E-state index contributed by atoms with van der Waals surface area (Å²) in [6, 6.07) is 25.1. The molecule has 0 unspecified atom stereocenters. The van der Waals surface area contributed by atoms with E-state index in [4.69, 9.17) is 12.6 Å². The van der Waals surface area contributed by atoms with Crippen molar-refractivity contribution in [3.63, 3.8) is 0 Å². The van der Waals surface area contributed by atoms with Crippen LogP contribution >= 0.6 is 0 Å². The van der Waals surface area contributed by atoms with Crippen molar-refractivity contribution in [3.05, 3.63) is 96.3 Å². The first-order valence-electron chi connectivity index (χ1n) is 7.44. The number of amidine groups is 1. The fourth-order valence-electron chi connectivity index (χ4n) is 2.12. The molecule has 0 spiro atoms. The minimum Gasteiger partial charge on any atom is -1.00 e. The van der Waals surface area contributed by atoms with Gasteiger partial charge in [-0.15, -0.1) is 0 Å². The molecule has 0 saturated heterocycles. The van der Waals surface area contributed by atoms with E-state index in [-0.39, 0.29) is 49.2 Å². The summed E-state index contributed by atoms with van der Waals surface area (Å²) in [6.45, 7) is 0. The first kappa shape index (κ1) is 25.3. The average molecular weight is 524 g/mol. The largest absolute Gasteiger partial charge is 3.00 e. The third kappa shape index (κ3) is 7.85. The van der Waals surface area contributed by atoms with Crippen molar-refractivity contribution in [3.8, 4) is 0 Å². The van der Waals surface area contributed by atoms with E-state index in [1.807, 2.05) is 78.9 Å². The molecule has 0 aliphatic carbocycles. The normalized spacial score (nSPS) is 10.7. The number of para-hydroxylation sites is 1. The molecular formula is C19H15Cl2N4SSb. The molecule has 0 atom stereocenters. The number of aromatic nitrogens is 1. The van der Waals surface area contributed by atoms with Gasteiger partial charge in [-0.05, 0) is 24.3 Å². The molecule has 0 bridgehead atoms. The monoisotopic (exact) mass is 522 g/mol. The van der Waals surface area contributed by atoms with Crippen molar-refractivity contribution in [2.75, 3.05) is 0 Å². The fourth-order valence-corrected chi connectivity index (χ4v) is 2.27. The second kappa shape index (κ2) is 13.5.